The maximum Gasteiger partial charge on any atom is 0.226 e. The smallest absolute Gasteiger partial charge is 0.226 e. The van der Waals surface area contributed by atoms with Crippen molar-refractivity contribution in [2.75, 3.05) is 11.4 Å². The van der Waals surface area contributed by atoms with E-state index in [1.807, 2.05) is 18.7 Å². The molecular formula is C15H20ClNO. The van der Waals surface area contributed by atoms with E-state index in [-0.39, 0.29) is 11.3 Å². The van der Waals surface area contributed by atoms with Gasteiger partial charge in [0, 0.05) is 24.0 Å². The molecule has 1 aromatic rings. The summed E-state index contributed by atoms with van der Waals surface area (Å²) >= 11 is 6.02. The van der Waals surface area contributed by atoms with Crippen molar-refractivity contribution in [2.24, 2.45) is 0 Å². The summed E-state index contributed by atoms with van der Waals surface area (Å²) in [5.41, 5.74) is 3.65. The van der Waals surface area contributed by atoms with Crippen molar-refractivity contribution in [3.05, 3.63) is 29.3 Å². The van der Waals surface area contributed by atoms with E-state index >= 15 is 0 Å². The standard InChI is InChI=1S/C15H20ClNO/c1-3-4-15(18)17-8-7-13-10-12(9-11(2)16)5-6-14(13)17/h5-6,10-11H,3-4,7-9H2,1-2H3. The van der Waals surface area contributed by atoms with Gasteiger partial charge in [-0.05, 0) is 43.4 Å². The average molecular weight is 266 g/mol. The molecule has 0 aromatic heterocycles. The van der Waals surface area contributed by atoms with Crippen molar-refractivity contribution < 1.29 is 4.79 Å². The molecule has 1 aliphatic heterocycles. The fraction of sp³-hybridized carbons (Fsp3) is 0.533. The normalized spacial score (nSPS) is 15.6. The first-order valence-corrected chi connectivity index (χ1v) is 7.11. The minimum Gasteiger partial charge on any atom is -0.312 e. The molecule has 1 heterocycles. The van der Waals surface area contributed by atoms with E-state index in [1.165, 1.54) is 11.1 Å². The SMILES string of the molecule is CCCC(=O)N1CCc2cc(CC(C)Cl)ccc21. The number of carbonyl (C=O) groups is 1. The number of fused-ring (bicyclic) bond motifs is 1. The Morgan fingerprint density at radius 2 is 2.28 bits per heavy atom. The van der Waals surface area contributed by atoms with Crippen LogP contribution in [-0.2, 0) is 17.6 Å². The van der Waals surface area contributed by atoms with Gasteiger partial charge in [-0.1, -0.05) is 19.1 Å². The second-order valence-electron chi connectivity index (χ2n) is 4.99. The number of nitrogens with zero attached hydrogens (tertiary/aromatic N) is 1. The monoisotopic (exact) mass is 265 g/mol. The zero-order valence-corrected chi connectivity index (χ0v) is 11.8. The van der Waals surface area contributed by atoms with Gasteiger partial charge in [-0.25, -0.2) is 0 Å². The van der Waals surface area contributed by atoms with Gasteiger partial charge in [0.2, 0.25) is 5.91 Å². The van der Waals surface area contributed by atoms with E-state index in [2.05, 4.69) is 18.2 Å². The van der Waals surface area contributed by atoms with E-state index < -0.39 is 0 Å². The Bertz CT molecular complexity index is 442. The summed E-state index contributed by atoms with van der Waals surface area (Å²) in [6.45, 7) is 4.87. The lowest BCUT2D eigenvalue weighted by molar-refractivity contribution is -0.118. The van der Waals surface area contributed by atoms with Crippen LogP contribution in [0.5, 0.6) is 0 Å². The number of rotatable bonds is 4. The average Bonchev–Trinajstić information content (AvgIpc) is 2.71. The minimum atomic E-state index is 0.155. The highest BCUT2D eigenvalue weighted by atomic mass is 35.5. The van der Waals surface area contributed by atoms with Crippen LogP contribution in [0.2, 0.25) is 0 Å². The second-order valence-corrected chi connectivity index (χ2v) is 5.74. The number of carbonyl (C=O) groups excluding carboxylic acids is 1. The quantitative estimate of drug-likeness (QED) is 0.763. The fourth-order valence-electron chi connectivity index (χ4n) is 2.51. The first-order valence-electron chi connectivity index (χ1n) is 6.68. The van der Waals surface area contributed by atoms with E-state index in [9.17, 15) is 4.79 Å². The molecule has 3 heteroatoms. The summed E-state index contributed by atoms with van der Waals surface area (Å²) in [7, 11) is 0. The van der Waals surface area contributed by atoms with Crippen molar-refractivity contribution >= 4 is 23.2 Å². The van der Waals surface area contributed by atoms with E-state index in [0.29, 0.717) is 6.42 Å². The molecule has 1 aromatic carbocycles. The Kier molecular flexibility index (Phi) is 4.28. The van der Waals surface area contributed by atoms with Gasteiger partial charge in [-0.3, -0.25) is 4.79 Å². The third-order valence-corrected chi connectivity index (χ3v) is 3.48. The van der Waals surface area contributed by atoms with Crippen molar-refractivity contribution in [2.45, 2.75) is 44.9 Å². The van der Waals surface area contributed by atoms with Crippen LogP contribution >= 0.6 is 11.6 Å². The Morgan fingerprint density at radius 1 is 1.50 bits per heavy atom. The van der Waals surface area contributed by atoms with Gasteiger partial charge < -0.3 is 4.90 Å². The van der Waals surface area contributed by atoms with Crippen LogP contribution in [-0.4, -0.2) is 17.8 Å². The number of amides is 1. The van der Waals surface area contributed by atoms with Crippen LogP contribution < -0.4 is 4.90 Å². The molecular weight excluding hydrogens is 246 g/mol. The number of halogens is 1. The lowest BCUT2D eigenvalue weighted by Gasteiger charge is -2.17. The van der Waals surface area contributed by atoms with Gasteiger partial charge in [0.15, 0.2) is 0 Å². The molecule has 1 unspecified atom stereocenters. The summed E-state index contributed by atoms with van der Waals surface area (Å²) in [6, 6.07) is 6.37. The molecule has 0 bridgehead atoms. The van der Waals surface area contributed by atoms with Crippen molar-refractivity contribution in [1.29, 1.82) is 0 Å². The number of hydrogen-bond donors (Lipinski definition) is 0. The van der Waals surface area contributed by atoms with Gasteiger partial charge in [-0.2, -0.15) is 0 Å². The maximum atomic E-state index is 12.0. The van der Waals surface area contributed by atoms with E-state index in [0.717, 1.165) is 31.5 Å². The molecule has 0 N–H and O–H groups in total. The van der Waals surface area contributed by atoms with Crippen LogP contribution in [0.4, 0.5) is 5.69 Å². The Hall–Kier alpha value is -1.02. The molecule has 2 rings (SSSR count). The molecule has 0 fully saturated rings. The summed E-state index contributed by atoms with van der Waals surface area (Å²) in [5, 5.41) is 0.155. The van der Waals surface area contributed by atoms with Crippen molar-refractivity contribution in [1.82, 2.24) is 0 Å². The number of benzene rings is 1. The molecule has 1 aliphatic rings. The Morgan fingerprint density at radius 3 is 2.94 bits per heavy atom. The molecule has 98 valence electrons. The zero-order chi connectivity index (χ0) is 13.1. The highest BCUT2D eigenvalue weighted by Gasteiger charge is 2.23. The van der Waals surface area contributed by atoms with E-state index in [4.69, 9.17) is 11.6 Å². The number of alkyl halides is 1. The van der Waals surface area contributed by atoms with Crippen LogP contribution in [0.3, 0.4) is 0 Å². The lowest BCUT2D eigenvalue weighted by Crippen LogP contribution is -2.28. The molecule has 2 nitrogen and oxygen atoms in total. The fourth-order valence-corrected chi connectivity index (χ4v) is 2.69. The number of anilines is 1. The van der Waals surface area contributed by atoms with Gasteiger partial charge in [0.1, 0.15) is 0 Å². The Labute approximate surface area is 114 Å². The summed E-state index contributed by atoms with van der Waals surface area (Å²) in [5.74, 6) is 0.245. The minimum absolute atomic E-state index is 0.155. The third kappa shape index (κ3) is 2.86. The highest BCUT2D eigenvalue weighted by molar-refractivity contribution is 6.20. The van der Waals surface area contributed by atoms with Crippen LogP contribution in [0.1, 0.15) is 37.8 Å². The highest BCUT2D eigenvalue weighted by Crippen LogP contribution is 2.30. The molecule has 0 radical (unpaired) electrons. The third-order valence-electron chi connectivity index (χ3n) is 3.32. The molecule has 1 amide bonds. The predicted molar refractivity (Wildman–Crippen MR) is 76.4 cm³/mol. The molecule has 18 heavy (non-hydrogen) atoms. The molecule has 0 saturated carbocycles. The topological polar surface area (TPSA) is 20.3 Å². The Balaban J connectivity index is 2.17. The zero-order valence-electron chi connectivity index (χ0n) is 11.1. The second kappa shape index (κ2) is 5.75. The van der Waals surface area contributed by atoms with Crippen LogP contribution in [0.15, 0.2) is 18.2 Å². The van der Waals surface area contributed by atoms with Gasteiger partial charge in [0.25, 0.3) is 0 Å². The van der Waals surface area contributed by atoms with Gasteiger partial charge >= 0.3 is 0 Å². The van der Waals surface area contributed by atoms with Crippen molar-refractivity contribution in [3.63, 3.8) is 0 Å². The molecule has 0 saturated heterocycles. The maximum absolute atomic E-state index is 12.0. The largest absolute Gasteiger partial charge is 0.312 e. The number of hydrogen-bond acceptors (Lipinski definition) is 1. The summed E-state index contributed by atoms with van der Waals surface area (Å²) in [6.07, 6.45) is 3.40. The van der Waals surface area contributed by atoms with Gasteiger partial charge in [-0.15, -0.1) is 11.6 Å². The summed E-state index contributed by atoms with van der Waals surface area (Å²) < 4.78 is 0. The molecule has 0 spiro atoms. The van der Waals surface area contributed by atoms with Crippen LogP contribution in [0.25, 0.3) is 0 Å². The van der Waals surface area contributed by atoms with Gasteiger partial charge in [0.05, 0.1) is 0 Å². The van der Waals surface area contributed by atoms with E-state index in [1.54, 1.807) is 0 Å². The predicted octanol–water partition coefficient (Wildman–Crippen LogP) is 3.55. The summed E-state index contributed by atoms with van der Waals surface area (Å²) in [4.78, 5) is 13.9. The molecule has 0 aliphatic carbocycles. The molecule has 1 atom stereocenters. The lowest BCUT2D eigenvalue weighted by atomic mass is 10.0. The first kappa shape index (κ1) is 13.4. The van der Waals surface area contributed by atoms with Crippen molar-refractivity contribution in [3.8, 4) is 0 Å². The first-order chi connectivity index (χ1) is 8.61. The van der Waals surface area contributed by atoms with Crippen LogP contribution in [0, 0.1) is 0 Å².